The van der Waals surface area contributed by atoms with Crippen molar-refractivity contribution in [2.75, 3.05) is 19.7 Å². The number of sulfonamides is 1. The van der Waals surface area contributed by atoms with Gasteiger partial charge in [-0.2, -0.15) is 0 Å². The van der Waals surface area contributed by atoms with Crippen molar-refractivity contribution in [1.82, 2.24) is 14.9 Å². The minimum absolute atomic E-state index is 0.0782. The molecule has 184 valence electrons. The van der Waals surface area contributed by atoms with Crippen molar-refractivity contribution in [1.29, 1.82) is 0 Å². The Bertz CT molecular complexity index is 1070. The van der Waals surface area contributed by atoms with Gasteiger partial charge in [-0.25, -0.2) is 13.1 Å². The van der Waals surface area contributed by atoms with Crippen LogP contribution in [0.5, 0.6) is 0 Å². The van der Waals surface area contributed by atoms with E-state index in [2.05, 4.69) is 34.0 Å². The quantitative estimate of drug-likeness (QED) is 0.568. The highest BCUT2D eigenvalue weighted by Crippen LogP contribution is 2.19. The molecule has 2 aromatic carbocycles. The molecule has 2 aliphatic rings. The average Bonchev–Trinajstić information content (AvgIpc) is 3.38. The standard InChI is InChI=1S/C26H35N3O4S/c1-20-6-2-3-14-29(20)19-22-12-10-21(11-13-22)17-27-26(30)23-7-4-9-25(16-23)34(31,32)28-18-24-8-5-15-33-24/h4,7,9-13,16,20,24,28H,2-3,5-6,8,14-15,17-19H2,1H3,(H,27,30). The second-order valence-corrected chi connectivity index (χ2v) is 11.1. The van der Waals surface area contributed by atoms with Gasteiger partial charge in [0.2, 0.25) is 10.0 Å². The van der Waals surface area contributed by atoms with Crippen LogP contribution in [0.15, 0.2) is 53.4 Å². The fourth-order valence-corrected chi connectivity index (χ4v) is 5.68. The number of hydrogen-bond donors (Lipinski definition) is 2. The summed E-state index contributed by atoms with van der Waals surface area (Å²) < 4.78 is 33.3. The lowest BCUT2D eigenvalue weighted by atomic mass is 10.0. The highest BCUT2D eigenvalue weighted by molar-refractivity contribution is 7.89. The molecule has 0 aromatic heterocycles. The molecule has 0 spiro atoms. The number of ether oxygens (including phenoxy) is 1. The van der Waals surface area contributed by atoms with Crippen LogP contribution >= 0.6 is 0 Å². The van der Waals surface area contributed by atoms with Gasteiger partial charge < -0.3 is 10.1 Å². The van der Waals surface area contributed by atoms with Crippen molar-refractivity contribution < 1.29 is 17.9 Å². The van der Waals surface area contributed by atoms with Crippen molar-refractivity contribution in [2.45, 2.75) is 69.2 Å². The van der Waals surface area contributed by atoms with Gasteiger partial charge in [-0.05, 0) is 68.5 Å². The number of rotatable bonds is 9. The molecule has 0 radical (unpaired) electrons. The summed E-state index contributed by atoms with van der Waals surface area (Å²) >= 11 is 0. The van der Waals surface area contributed by atoms with E-state index in [9.17, 15) is 13.2 Å². The summed E-state index contributed by atoms with van der Waals surface area (Å²) in [6, 6.07) is 15.1. The van der Waals surface area contributed by atoms with E-state index in [1.807, 2.05) is 12.1 Å². The molecule has 2 aromatic rings. The SMILES string of the molecule is CC1CCCCN1Cc1ccc(CNC(=O)c2cccc(S(=O)(=O)NCC3CCCO3)c2)cc1. The largest absolute Gasteiger partial charge is 0.377 e. The van der Waals surface area contributed by atoms with Crippen molar-refractivity contribution in [3.63, 3.8) is 0 Å². The molecular formula is C26H35N3O4S. The van der Waals surface area contributed by atoms with Gasteiger partial charge in [-0.3, -0.25) is 9.69 Å². The third kappa shape index (κ3) is 6.66. The summed E-state index contributed by atoms with van der Waals surface area (Å²) in [6.45, 7) is 5.69. The Morgan fingerprint density at radius 3 is 2.59 bits per heavy atom. The number of benzene rings is 2. The molecular weight excluding hydrogens is 450 g/mol. The molecule has 34 heavy (non-hydrogen) atoms. The Balaban J connectivity index is 1.30. The molecule has 8 heteroatoms. The van der Waals surface area contributed by atoms with Crippen LogP contribution in [0.25, 0.3) is 0 Å². The van der Waals surface area contributed by atoms with Crippen LogP contribution in [-0.2, 0) is 27.8 Å². The van der Waals surface area contributed by atoms with Crippen LogP contribution in [0.1, 0.15) is 60.5 Å². The first kappa shape index (κ1) is 24.9. The maximum atomic E-state index is 12.7. The van der Waals surface area contributed by atoms with Gasteiger partial charge >= 0.3 is 0 Å². The summed E-state index contributed by atoms with van der Waals surface area (Å²) in [7, 11) is -3.71. The third-order valence-electron chi connectivity index (χ3n) is 6.73. The van der Waals surface area contributed by atoms with E-state index in [0.29, 0.717) is 24.8 Å². The first-order valence-electron chi connectivity index (χ1n) is 12.2. The number of nitrogens with one attached hydrogen (secondary N) is 2. The highest BCUT2D eigenvalue weighted by atomic mass is 32.2. The summed E-state index contributed by atoms with van der Waals surface area (Å²) in [5.41, 5.74) is 2.60. The smallest absolute Gasteiger partial charge is 0.251 e. The Morgan fingerprint density at radius 2 is 1.85 bits per heavy atom. The van der Waals surface area contributed by atoms with Crippen molar-refractivity contribution in [2.24, 2.45) is 0 Å². The van der Waals surface area contributed by atoms with Gasteiger partial charge in [0.1, 0.15) is 0 Å². The summed E-state index contributed by atoms with van der Waals surface area (Å²) in [4.78, 5) is 15.3. The number of piperidine rings is 1. The molecule has 7 nitrogen and oxygen atoms in total. The van der Waals surface area contributed by atoms with Gasteiger partial charge in [0.15, 0.2) is 0 Å². The molecule has 0 aliphatic carbocycles. The Kier molecular flexibility index (Phi) is 8.37. The number of likely N-dealkylation sites (tertiary alicyclic amines) is 1. The van der Waals surface area contributed by atoms with Crippen molar-refractivity contribution >= 4 is 15.9 Å². The minimum Gasteiger partial charge on any atom is -0.377 e. The second kappa shape index (κ2) is 11.4. The fraction of sp³-hybridized carbons (Fsp3) is 0.500. The predicted molar refractivity (Wildman–Crippen MR) is 132 cm³/mol. The zero-order chi connectivity index (χ0) is 24.0. The Labute approximate surface area is 202 Å². The van der Waals surface area contributed by atoms with Crippen LogP contribution in [0.2, 0.25) is 0 Å². The number of amides is 1. The molecule has 2 atom stereocenters. The van der Waals surface area contributed by atoms with Crippen LogP contribution < -0.4 is 10.0 Å². The molecule has 2 aliphatic heterocycles. The minimum atomic E-state index is -3.71. The highest BCUT2D eigenvalue weighted by Gasteiger charge is 2.21. The number of carbonyl (C=O) groups is 1. The first-order chi connectivity index (χ1) is 16.4. The van der Waals surface area contributed by atoms with E-state index in [4.69, 9.17) is 4.74 Å². The third-order valence-corrected chi connectivity index (χ3v) is 8.16. The van der Waals surface area contributed by atoms with Gasteiger partial charge in [-0.1, -0.05) is 36.8 Å². The molecule has 2 saturated heterocycles. The maximum absolute atomic E-state index is 12.7. The molecule has 2 unspecified atom stereocenters. The van der Waals surface area contributed by atoms with Crippen molar-refractivity contribution in [3.8, 4) is 0 Å². The monoisotopic (exact) mass is 485 g/mol. The number of hydrogen-bond acceptors (Lipinski definition) is 5. The van der Waals surface area contributed by atoms with E-state index in [-0.39, 0.29) is 23.5 Å². The van der Waals surface area contributed by atoms with E-state index in [0.717, 1.165) is 31.5 Å². The van der Waals surface area contributed by atoms with E-state index in [1.165, 1.54) is 37.0 Å². The number of carbonyl (C=O) groups excluding carboxylic acids is 1. The van der Waals surface area contributed by atoms with Crippen LogP contribution in [0.4, 0.5) is 0 Å². The molecule has 0 saturated carbocycles. The number of nitrogens with zero attached hydrogens (tertiary/aromatic N) is 1. The van der Waals surface area contributed by atoms with Gasteiger partial charge in [0.05, 0.1) is 11.0 Å². The maximum Gasteiger partial charge on any atom is 0.251 e. The van der Waals surface area contributed by atoms with Gasteiger partial charge in [0.25, 0.3) is 5.91 Å². The molecule has 4 rings (SSSR count). The summed E-state index contributed by atoms with van der Waals surface area (Å²) in [5, 5.41) is 2.89. The van der Waals surface area contributed by atoms with Gasteiger partial charge in [-0.15, -0.1) is 0 Å². The molecule has 2 fully saturated rings. The van der Waals surface area contributed by atoms with E-state index < -0.39 is 10.0 Å². The van der Waals surface area contributed by atoms with Crippen LogP contribution in [-0.4, -0.2) is 51.1 Å². The lowest BCUT2D eigenvalue weighted by molar-refractivity contribution is 0.0950. The van der Waals surface area contributed by atoms with Crippen molar-refractivity contribution in [3.05, 3.63) is 65.2 Å². The fourth-order valence-electron chi connectivity index (χ4n) is 4.57. The summed E-state index contributed by atoms with van der Waals surface area (Å²) in [6.07, 6.45) is 5.55. The van der Waals surface area contributed by atoms with E-state index in [1.54, 1.807) is 12.1 Å². The van der Waals surface area contributed by atoms with Crippen LogP contribution in [0.3, 0.4) is 0 Å². The average molecular weight is 486 g/mol. The Morgan fingerprint density at radius 1 is 1.06 bits per heavy atom. The normalized spacial score (nSPS) is 21.4. The lowest BCUT2D eigenvalue weighted by Gasteiger charge is -2.33. The molecule has 2 N–H and O–H groups in total. The van der Waals surface area contributed by atoms with E-state index >= 15 is 0 Å². The van der Waals surface area contributed by atoms with Crippen LogP contribution in [0, 0.1) is 0 Å². The van der Waals surface area contributed by atoms with Gasteiger partial charge in [0, 0.05) is 37.8 Å². The predicted octanol–water partition coefficient (Wildman–Crippen LogP) is 3.45. The zero-order valence-electron chi connectivity index (χ0n) is 19.8. The molecule has 2 heterocycles. The first-order valence-corrected chi connectivity index (χ1v) is 13.7. The molecule has 0 bridgehead atoms. The molecule has 1 amide bonds. The Hall–Kier alpha value is -2.26. The topological polar surface area (TPSA) is 87.7 Å². The summed E-state index contributed by atoms with van der Waals surface area (Å²) in [5.74, 6) is -0.303. The zero-order valence-corrected chi connectivity index (χ0v) is 20.6. The second-order valence-electron chi connectivity index (χ2n) is 9.33. The lowest BCUT2D eigenvalue weighted by Crippen LogP contribution is -2.36.